The molecule has 1 aliphatic heterocycles. The molecule has 0 aromatic carbocycles. The van der Waals surface area contributed by atoms with Crippen LogP contribution in [0.15, 0.2) is 15.9 Å². The van der Waals surface area contributed by atoms with E-state index >= 15 is 0 Å². The van der Waals surface area contributed by atoms with Gasteiger partial charge in [-0.05, 0) is 58.6 Å². The number of piperidine rings is 1. The van der Waals surface area contributed by atoms with Gasteiger partial charge in [0.05, 0.1) is 0 Å². The molecule has 2 rings (SSSR count). The Balaban J connectivity index is 1.90. The largest absolute Gasteiger partial charge is 0.481 e. The number of carboxylic acid groups (broad SMARTS) is 1. The van der Waals surface area contributed by atoms with Crippen molar-refractivity contribution in [3.63, 3.8) is 0 Å². The van der Waals surface area contributed by atoms with Crippen LogP contribution in [0, 0.1) is 11.8 Å². The van der Waals surface area contributed by atoms with E-state index < -0.39 is 5.97 Å². The summed E-state index contributed by atoms with van der Waals surface area (Å²) in [6.45, 7) is 5.21. The Bertz CT molecular complexity index is 435. The zero-order valence-corrected chi connectivity index (χ0v) is 13.5. The minimum absolute atomic E-state index is 0.270. The number of nitrogens with zero attached hydrogens (tertiary/aromatic N) is 1. The maximum absolute atomic E-state index is 10.8. The molecule has 0 aliphatic carbocycles. The highest BCUT2D eigenvalue weighted by Gasteiger charge is 2.26. The van der Waals surface area contributed by atoms with Gasteiger partial charge in [0.15, 0.2) is 0 Å². The summed E-state index contributed by atoms with van der Waals surface area (Å²) in [5, 5.41) is 11.0. The molecule has 2 unspecified atom stereocenters. The first-order chi connectivity index (χ1) is 9.06. The molecule has 1 N–H and O–H groups in total. The number of aliphatic carboxylic acids is 1. The second kappa shape index (κ2) is 6.86. The molecule has 1 saturated heterocycles. The topological polar surface area (TPSA) is 40.5 Å². The van der Waals surface area contributed by atoms with Gasteiger partial charge >= 0.3 is 5.97 Å². The minimum atomic E-state index is -0.675. The fourth-order valence-corrected chi connectivity index (χ4v) is 4.30. The lowest BCUT2D eigenvalue weighted by Crippen LogP contribution is -2.37. The van der Waals surface area contributed by atoms with E-state index in [1.165, 1.54) is 15.8 Å². The fourth-order valence-electron chi connectivity index (χ4n) is 2.78. The third-order valence-corrected chi connectivity index (χ3v) is 5.81. The highest BCUT2D eigenvalue weighted by molar-refractivity contribution is 9.10. The Morgan fingerprint density at radius 3 is 3.11 bits per heavy atom. The van der Waals surface area contributed by atoms with Gasteiger partial charge in [-0.25, -0.2) is 0 Å². The van der Waals surface area contributed by atoms with Gasteiger partial charge in [-0.15, -0.1) is 11.3 Å². The lowest BCUT2D eigenvalue weighted by molar-refractivity contribution is -0.138. The number of rotatable bonds is 5. The molecule has 2 heterocycles. The normalized spacial score (nSPS) is 22.3. The Morgan fingerprint density at radius 1 is 1.68 bits per heavy atom. The first kappa shape index (κ1) is 15.0. The van der Waals surface area contributed by atoms with Gasteiger partial charge in [0.1, 0.15) is 0 Å². The van der Waals surface area contributed by atoms with E-state index in [-0.39, 0.29) is 5.92 Å². The fraction of sp³-hybridized carbons (Fsp3) is 0.643. The number of thiophene rings is 1. The van der Waals surface area contributed by atoms with Crippen LogP contribution in [0.25, 0.3) is 0 Å². The molecule has 5 heteroatoms. The molecule has 0 bridgehead atoms. The van der Waals surface area contributed by atoms with Gasteiger partial charge in [0.2, 0.25) is 0 Å². The molecular formula is C14H20BrNO2S. The number of hydrogen-bond acceptors (Lipinski definition) is 3. The number of hydrogen-bond donors (Lipinski definition) is 1. The van der Waals surface area contributed by atoms with Crippen LogP contribution in [0.2, 0.25) is 0 Å². The van der Waals surface area contributed by atoms with Gasteiger partial charge in [-0.3, -0.25) is 9.69 Å². The van der Waals surface area contributed by atoms with Crippen LogP contribution in [-0.4, -0.2) is 29.1 Å². The van der Waals surface area contributed by atoms with Gasteiger partial charge in [0, 0.05) is 28.9 Å². The van der Waals surface area contributed by atoms with E-state index in [1.807, 2.05) is 0 Å². The first-order valence-electron chi connectivity index (χ1n) is 6.72. The lowest BCUT2D eigenvalue weighted by Gasteiger charge is -2.35. The average molecular weight is 346 g/mol. The van der Waals surface area contributed by atoms with Crippen molar-refractivity contribution in [3.8, 4) is 0 Å². The number of halogens is 1. The van der Waals surface area contributed by atoms with Gasteiger partial charge in [0.25, 0.3) is 0 Å². The predicted octanol–water partition coefficient (Wildman–Crippen LogP) is 3.83. The van der Waals surface area contributed by atoms with Crippen LogP contribution in [0.3, 0.4) is 0 Å². The van der Waals surface area contributed by atoms with Crippen LogP contribution in [0.1, 0.15) is 31.1 Å². The van der Waals surface area contributed by atoms with E-state index in [0.29, 0.717) is 12.3 Å². The Labute approximate surface area is 126 Å². The zero-order valence-electron chi connectivity index (χ0n) is 11.1. The lowest BCUT2D eigenvalue weighted by atomic mass is 9.84. The Morgan fingerprint density at radius 2 is 2.47 bits per heavy atom. The van der Waals surface area contributed by atoms with Gasteiger partial charge in [-0.2, -0.15) is 0 Å². The zero-order chi connectivity index (χ0) is 13.8. The third-order valence-electron chi connectivity index (χ3n) is 3.90. The second-order valence-corrected chi connectivity index (χ2v) is 7.26. The summed E-state index contributed by atoms with van der Waals surface area (Å²) in [7, 11) is 0. The monoisotopic (exact) mass is 345 g/mol. The van der Waals surface area contributed by atoms with E-state index in [1.54, 1.807) is 11.3 Å². The van der Waals surface area contributed by atoms with E-state index in [9.17, 15) is 4.79 Å². The van der Waals surface area contributed by atoms with Crippen molar-refractivity contribution in [2.45, 2.75) is 32.7 Å². The van der Waals surface area contributed by atoms with Crippen LogP contribution in [-0.2, 0) is 11.3 Å². The summed E-state index contributed by atoms with van der Waals surface area (Å²) < 4.78 is 1.19. The van der Waals surface area contributed by atoms with Crippen molar-refractivity contribution in [2.75, 3.05) is 13.1 Å². The van der Waals surface area contributed by atoms with Crippen molar-refractivity contribution in [1.82, 2.24) is 4.90 Å². The summed E-state index contributed by atoms with van der Waals surface area (Å²) in [5.41, 5.74) is 0. The molecule has 1 aromatic heterocycles. The quantitative estimate of drug-likeness (QED) is 0.881. The molecular weight excluding hydrogens is 326 g/mol. The summed E-state index contributed by atoms with van der Waals surface area (Å²) >= 11 is 5.36. The molecule has 1 aromatic rings. The van der Waals surface area contributed by atoms with Crippen molar-refractivity contribution in [2.24, 2.45) is 11.8 Å². The molecule has 19 heavy (non-hydrogen) atoms. The average Bonchev–Trinajstić information content (AvgIpc) is 2.75. The summed E-state index contributed by atoms with van der Waals surface area (Å²) in [5.74, 6) is 0.112. The Kier molecular flexibility index (Phi) is 5.42. The molecule has 2 atom stereocenters. The molecule has 1 aliphatic rings. The maximum Gasteiger partial charge on any atom is 0.303 e. The molecule has 1 fully saturated rings. The highest BCUT2D eigenvalue weighted by Crippen LogP contribution is 2.29. The van der Waals surface area contributed by atoms with Crippen molar-refractivity contribution in [1.29, 1.82) is 0 Å². The van der Waals surface area contributed by atoms with Gasteiger partial charge in [-0.1, -0.05) is 6.92 Å². The van der Waals surface area contributed by atoms with Crippen molar-refractivity contribution in [3.05, 3.63) is 20.8 Å². The summed E-state index contributed by atoms with van der Waals surface area (Å²) in [6, 6.07) is 2.09. The maximum atomic E-state index is 10.8. The Hall–Kier alpha value is -0.390. The van der Waals surface area contributed by atoms with E-state index in [0.717, 1.165) is 26.1 Å². The molecule has 3 nitrogen and oxygen atoms in total. The van der Waals surface area contributed by atoms with E-state index in [2.05, 4.69) is 39.2 Å². The first-order valence-corrected chi connectivity index (χ1v) is 8.39. The molecule has 106 valence electrons. The van der Waals surface area contributed by atoms with E-state index in [4.69, 9.17) is 5.11 Å². The third kappa shape index (κ3) is 4.29. The standard InChI is InChI=1S/C14H20BrNO2S/c1-10(7-14(17)18)11-3-2-5-16(8-11)9-13-12(15)4-6-19-13/h4,6,10-11H,2-3,5,7-9H2,1H3,(H,17,18). The number of carbonyl (C=O) groups is 1. The second-order valence-electron chi connectivity index (χ2n) is 5.40. The molecule has 0 spiro atoms. The highest BCUT2D eigenvalue weighted by atomic mass is 79.9. The molecule has 0 radical (unpaired) electrons. The number of likely N-dealkylation sites (tertiary alicyclic amines) is 1. The van der Waals surface area contributed by atoms with Crippen molar-refractivity contribution >= 4 is 33.2 Å². The summed E-state index contributed by atoms with van der Waals surface area (Å²) in [4.78, 5) is 14.6. The SMILES string of the molecule is CC(CC(=O)O)C1CCCN(Cc2sccc2Br)C1. The predicted molar refractivity (Wildman–Crippen MR) is 81.4 cm³/mol. The minimum Gasteiger partial charge on any atom is -0.481 e. The van der Waals surface area contributed by atoms with Gasteiger partial charge < -0.3 is 5.11 Å². The smallest absolute Gasteiger partial charge is 0.303 e. The van der Waals surface area contributed by atoms with Crippen molar-refractivity contribution < 1.29 is 9.90 Å². The molecule has 0 saturated carbocycles. The molecule has 0 amide bonds. The van der Waals surface area contributed by atoms with Crippen LogP contribution >= 0.6 is 27.3 Å². The summed E-state index contributed by atoms with van der Waals surface area (Å²) in [6.07, 6.45) is 2.63. The number of carboxylic acids is 1. The van der Waals surface area contributed by atoms with Crippen LogP contribution in [0.4, 0.5) is 0 Å². The van der Waals surface area contributed by atoms with Crippen LogP contribution < -0.4 is 0 Å². The van der Waals surface area contributed by atoms with Crippen LogP contribution in [0.5, 0.6) is 0 Å².